The molecule has 29 heavy (non-hydrogen) atoms. The molecule has 146 valence electrons. The van der Waals surface area contributed by atoms with E-state index >= 15 is 0 Å². The number of nitrogens with one attached hydrogen (secondary N) is 1. The Morgan fingerprint density at radius 1 is 1.14 bits per heavy atom. The van der Waals surface area contributed by atoms with E-state index < -0.39 is 6.17 Å². The lowest BCUT2D eigenvalue weighted by Crippen LogP contribution is -2.32. The molecule has 1 aliphatic heterocycles. The molecule has 0 radical (unpaired) electrons. The molecule has 1 aromatic heterocycles. The van der Waals surface area contributed by atoms with Gasteiger partial charge in [-0.1, -0.05) is 29.8 Å². The SMILES string of the molecule is CCOC(=O)c1ccc(NC2c3ccccc3C(=O)N2c2ccc(Cl)cn2)cc1. The Hall–Kier alpha value is -3.38. The summed E-state index contributed by atoms with van der Waals surface area (Å²) in [6.07, 6.45) is 1.07. The second kappa shape index (κ2) is 7.93. The average molecular weight is 408 g/mol. The number of pyridine rings is 1. The minimum atomic E-state index is -0.444. The quantitative estimate of drug-likeness (QED) is 0.621. The molecule has 7 heteroatoms. The zero-order chi connectivity index (χ0) is 20.4. The van der Waals surface area contributed by atoms with Crippen LogP contribution in [0.2, 0.25) is 5.02 Å². The Balaban J connectivity index is 1.66. The lowest BCUT2D eigenvalue weighted by molar-refractivity contribution is 0.0526. The molecular weight excluding hydrogens is 390 g/mol. The van der Waals surface area contributed by atoms with Gasteiger partial charge in [-0.15, -0.1) is 0 Å². The predicted molar refractivity (Wildman–Crippen MR) is 111 cm³/mol. The third kappa shape index (κ3) is 3.67. The summed E-state index contributed by atoms with van der Waals surface area (Å²) in [5, 5.41) is 3.87. The summed E-state index contributed by atoms with van der Waals surface area (Å²) >= 11 is 5.95. The average Bonchev–Trinajstić information content (AvgIpc) is 3.01. The number of nitrogens with zero attached hydrogens (tertiary/aromatic N) is 2. The number of aromatic nitrogens is 1. The van der Waals surface area contributed by atoms with Crippen LogP contribution in [0.5, 0.6) is 0 Å². The first-order valence-electron chi connectivity index (χ1n) is 9.16. The van der Waals surface area contributed by atoms with Crippen LogP contribution < -0.4 is 10.2 Å². The van der Waals surface area contributed by atoms with Gasteiger partial charge in [0.25, 0.3) is 5.91 Å². The summed E-state index contributed by atoms with van der Waals surface area (Å²) in [7, 11) is 0. The van der Waals surface area contributed by atoms with E-state index in [2.05, 4.69) is 10.3 Å². The highest BCUT2D eigenvalue weighted by Crippen LogP contribution is 2.37. The van der Waals surface area contributed by atoms with E-state index in [1.54, 1.807) is 54.3 Å². The molecule has 0 fully saturated rings. The summed E-state index contributed by atoms with van der Waals surface area (Å²) in [5.41, 5.74) is 2.69. The number of carbonyl (C=O) groups is 2. The van der Waals surface area contributed by atoms with Crippen molar-refractivity contribution >= 4 is 35.0 Å². The molecule has 1 amide bonds. The summed E-state index contributed by atoms with van der Waals surface area (Å²) in [4.78, 5) is 30.8. The summed E-state index contributed by atoms with van der Waals surface area (Å²) in [5.74, 6) is -0.0141. The number of ether oxygens (including phenoxy) is 1. The van der Waals surface area contributed by atoms with E-state index in [0.29, 0.717) is 28.6 Å². The van der Waals surface area contributed by atoms with Crippen molar-refractivity contribution < 1.29 is 14.3 Å². The van der Waals surface area contributed by atoms with Crippen LogP contribution in [0.15, 0.2) is 66.9 Å². The lowest BCUT2D eigenvalue weighted by atomic mass is 10.1. The van der Waals surface area contributed by atoms with Crippen molar-refractivity contribution in [2.75, 3.05) is 16.8 Å². The van der Waals surface area contributed by atoms with Crippen molar-refractivity contribution in [1.82, 2.24) is 4.98 Å². The van der Waals surface area contributed by atoms with Gasteiger partial charge in [0.1, 0.15) is 12.0 Å². The van der Waals surface area contributed by atoms with Crippen LogP contribution in [-0.2, 0) is 4.74 Å². The summed E-state index contributed by atoms with van der Waals surface area (Å²) in [6.45, 7) is 2.09. The molecule has 3 aromatic rings. The number of esters is 1. The van der Waals surface area contributed by atoms with Crippen LogP contribution in [-0.4, -0.2) is 23.5 Å². The molecule has 0 aliphatic carbocycles. The summed E-state index contributed by atoms with van der Waals surface area (Å²) in [6, 6.07) is 17.8. The Labute approximate surface area is 173 Å². The fourth-order valence-electron chi connectivity index (χ4n) is 3.28. The molecule has 2 aromatic carbocycles. The molecule has 1 unspecified atom stereocenters. The van der Waals surface area contributed by atoms with E-state index in [0.717, 1.165) is 11.3 Å². The number of rotatable bonds is 5. The van der Waals surface area contributed by atoms with Crippen LogP contribution in [0.1, 0.15) is 39.4 Å². The topological polar surface area (TPSA) is 71.5 Å². The van der Waals surface area contributed by atoms with Crippen molar-refractivity contribution in [3.8, 4) is 0 Å². The van der Waals surface area contributed by atoms with Crippen LogP contribution in [0.4, 0.5) is 11.5 Å². The molecule has 0 bridgehead atoms. The largest absolute Gasteiger partial charge is 0.462 e. The molecular formula is C22H18ClN3O3. The van der Waals surface area contributed by atoms with Crippen molar-refractivity contribution in [2.45, 2.75) is 13.1 Å². The number of hydrogen-bond donors (Lipinski definition) is 1. The monoisotopic (exact) mass is 407 g/mol. The van der Waals surface area contributed by atoms with Gasteiger partial charge in [-0.2, -0.15) is 0 Å². The first kappa shape index (κ1) is 19.0. The number of benzene rings is 2. The van der Waals surface area contributed by atoms with Gasteiger partial charge in [-0.25, -0.2) is 9.78 Å². The predicted octanol–water partition coefficient (Wildman–Crippen LogP) is 4.68. The van der Waals surface area contributed by atoms with Gasteiger partial charge in [0.05, 0.1) is 17.2 Å². The van der Waals surface area contributed by atoms with Crippen LogP contribution in [0.25, 0.3) is 0 Å². The van der Waals surface area contributed by atoms with Crippen molar-refractivity contribution in [1.29, 1.82) is 0 Å². The highest BCUT2D eigenvalue weighted by Gasteiger charge is 2.38. The Bertz CT molecular complexity index is 1050. The third-order valence-corrected chi connectivity index (χ3v) is 4.84. The Kier molecular flexibility index (Phi) is 5.18. The maximum Gasteiger partial charge on any atom is 0.338 e. The number of fused-ring (bicyclic) bond motifs is 1. The van der Waals surface area contributed by atoms with Crippen LogP contribution >= 0.6 is 11.6 Å². The molecule has 0 spiro atoms. The molecule has 2 heterocycles. The van der Waals surface area contributed by atoms with Crippen molar-refractivity contribution in [2.24, 2.45) is 0 Å². The van der Waals surface area contributed by atoms with E-state index in [4.69, 9.17) is 16.3 Å². The van der Waals surface area contributed by atoms with E-state index in [9.17, 15) is 9.59 Å². The van der Waals surface area contributed by atoms with Gasteiger partial charge in [0.15, 0.2) is 0 Å². The molecule has 1 N–H and O–H groups in total. The third-order valence-electron chi connectivity index (χ3n) is 4.62. The molecule has 1 atom stereocenters. The van der Waals surface area contributed by atoms with Gasteiger partial charge >= 0.3 is 5.97 Å². The summed E-state index contributed by atoms with van der Waals surface area (Å²) < 4.78 is 5.02. The fraction of sp³-hybridized carbons (Fsp3) is 0.136. The van der Waals surface area contributed by atoms with Crippen molar-refractivity contribution in [3.05, 3.63) is 88.6 Å². The first-order chi connectivity index (χ1) is 14.1. The number of halogens is 1. The van der Waals surface area contributed by atoms with E-state index in [1.165, 1.54) is 6.20 Å². The maximum atomic E-state index is 13.0. The second-order valence-electron chi connectivity index (χ2n) is 6.44. The maximum absolute atomic E-state index is 13.0. The minimum absolute atomic E-state index is 0.143. The van der Waals surface area contributed by atoms with Crippen LogP contribution in [0.3, 0.4) is 0 Å². The van der Waals surface area contributed by atoms with Gasteiger partial charge < -0.3 is 10.1 Å². The van der Waals surface area contributed by atoms with Gasteiger partial charge in [-0.3, -0.25) is 9.69 Å². The second-order valence-corrected chi connectivity index (χ2v) is 6.88. The molecule has 0 saturated carbocycles. The van der Waals surface area contributed by atoms with Gasteiger partial charge in [0, 0.05) is 23.0 Å². The molecule has 1 aliphatic rings. The van der Waals surface area contributed by atoms with E-state index in [1.807, 2.05) is 18.2 Å². The van der Waals surface area contributed by atoms with Gasteiger partial charge in [-0.05, 0) is 49.4 Å². The number of carbonyl (C=O) groups excluding carboxylic acids is 2. The minimum Gasteiger partial charge on any atom is -0.462 e. The van der Waals surface area contributed by atoms with Gasteiger partial charge in [0.2, 0.25) is 0 Å². The highest BCUT2D eigenvalue weighted by molar-refractivity contribution is 6.30. The first-order valence-corrected chi connectivity index (χ1v) is 9.54. The number of anilines is 2. The van der Waals surface area contributed by atoms with Crippen LogP contribution in [0, 0.1) is 0 Å². The lowest BCUT2D eigenvalue weighted by Gasteiger charge is -2.26. The van der Waals surface area contributed by atoms with Crippen molar-refractivity contribution in [3.63, 3.8) is 0 Å². The van der Waals surface area contributed by atoms with E-state index in [-0.39, 0.29) is 11.9 Å². The zero-order valence-electron chi connectivity index (χ0n) is 15.6. The number of amides is 1. The fourth-order valence-corrected chi connectivity index (χ4v) is 3.39. The smallest absolute Gasteiger partial charge is 0.338 e. The number of hydrogen-bond acceptors (Lipinski definition) is 5. The highest BCUT2D eigenvalue weighted by atomic mass is 35.5. The zero-order valence-corrected chi connectivity index (χ0v) is 16.4. The Morgan fingerprint density at radius 2 is 1.90 bits per heavy atom. The molecule has 6 nitrogen and oxygen atoms in total. The molecule has 4 rings (SSSR count). The standard InChI is InChI=1S/C22H18ClN3O3/c1-2-29-22(28)14-7-10-16(11-8-14)25-20-17-5-3-4-6-18(17)21(27)26(20)19-12-9-15(23)13-24-19/h3-13,20,25H,2H2,1H3. The molecule has 0 saturated heterocycles. The Morgan fingerprint density at radius 3 is 2.59 bits per heavy atom. The normalized spacial score (nSPS) is 15.2.